The van der Waals surface area contributed by atoms with E-state index >= 15 is 0 Å². The fraction of sp³-hybridized carbons (Fsp3) is 0.833. The van der Waals surface area contributed by atoms with Crippen molar-refractivity contribution in [1.82, 2.24) is 0 Å². The van der Waals surface area contributed by atoms with Gasteiger partial charge in [0.05, 0.1) is 0 Å². The molecule has 0 heterocycles. The van der Waals surface area contributed by atoms with Crippen molar-refractivity contribution in [3.05, 3.63) is 0 Å². The van der Waals surface area contributed by atoms with Crippen molar-refractivity contribution in [2.45, 2.75) is 47.0 Å². The molecule has 68 valence electrons. The van der Waals surface area contributed by atoms with Crippen LogP contribution in [0.2, 0.25) is 0 Å². The molecule has 1 aliphatic rings. The smallest absolute Gasteiger partial charge is 0.0258 e. The van der Waals surface area contributed by atoms with Crippen molar-refractivity contribution < 1.29 is 0 Å². The first-order chi connectivity index (χ1) is 5.35. The predicted octanol–water partition coefficient (Wildman–Crippen LogP) is 3.47. The summed E-state index contributed by atoms with van der Waals surface area (Å²) in [5.41, 5.74) is 0.705. The van der Waals surface area contributed by atoms with Gasteiger partial charge in [0.1, 0.15) is 0 Å². The van der Waals surface area contributed by atoms with E-state index in [1.807, 2.05) is 0 Å². The Balaban J connectivity index is 2.34. The highest BCUT2D eigenvalue weighted by molar-refractivity contribution is 5.03. The highest BCUT2D eigenvalue weighted by Gasteiger charge is 2.38. The molecule has 12 heavy (non-hydrogen) atoms. The largest absolute Gasteiger partial charge is 0.120 e. The van der Waals surface area contributed by atoms with Gasteiger partial charge < -0.3 is 0 Å². The van der Waals surface area contributed by atoms with Gasteiger partial charge in [-0.3, -0.25) is 0 Å². The molecule has 1 saturated carbocycles. The summed E-state index contributed by atoms with van der Waals surface area (Å²) < 4.78 is 0. The standard InChI is InChI=1S/C12H20/c1-6-11(2,3)7-10-8-12(4,5)9-10/h1,10H,7-9H2,2-5H3. The predicted molar refractivity (Wildman–Crippen MR) is 53.7 cm³/mol. The van der Waals surface area contributed by atoms with Gasteiger partial charge in [0.15, 0.2) is 0 Å². The second-order valence-corrected chi connectivity index (χ2v) is 5.67. The van der Waals surface area contributed by atoms with E-state index in [4.69, 9.17) is 6.42 Å². The summed E-state index contributed by atoms with van der Waals surface area (Å²) in [6.07, 6.45) is 9.37. The lowest BCUT2D eigenvalue weighted by Crippen LogP contribution is -2.34. The van der Waals surface area contributed by atoms with E-state index < -0.39 is 0 Å². The van der Waals surface area contributed by atoms with Crippen LogP contribution < -0.4 is 0 Å². The Labute approximate surface area is 76.7 Å². The monoisotopic (exact) mass is 164 g/mol. The van der Waals surface area contributed by atoms with Gasteiger partial charge in [-0.05, 0) is 44.4 Å². The zero-order chi connectivity index (χ0) is 9.41. The van der Waals surface area contributed by atoms with Crippen LogP contribution >= 0.6 is 0 Å². The van der Waals surface area contributed by atoms with Gasteiger partial charge in [0.2, 0.25) is 0 Å². The number of terminal acetylenes is 1. The summed E-state index contributed by atoms with van der Waals surface area (Å²) in [7, 11) is 0. The summed E-state index contributed by atoms with van der Waals surface area (Å²) in [4.78, 5) is 0. The Bertz CT molecular complexity index is 195. The van der Waals surface area contributed by atoms with Crippen molar-refractivity contribution in [3.8, 4) is 12.3 Å². The maximum atomic E-state index is 5.45. The van der Waals surface area contributed by atoms with E-state index in [9.17, 15) is 0 Å². The minimum atomic E-state index is 0.112. The molecule has 0 bridgehead atoms. The Hall–Kier alpha value is -0.440. The molecule has 0 N–H and O–H groups in total. The average molecular weight is 164 g/mol. The topological polar surface area (TPSA) is 0 Å². The van der Waals surface area contributed by atoms with Crippen molar-refractivity contribution in [2.75, 3.05) is 0 Å². The Morgan fingerprint density at radius 2 is 1.92 bits per heavy atom. The SMILES string of the molecule is C#CC(C)(C)CC1CC(C)(C)C1. The zero-order valence-electron chi connectivity index (χ0n) is 8.78. The van der Waals surface area contributed by atoms with Gasteiger partial charge in [0.25, 0.3) is 0 Å². The minimum absolute atomic E-state index is 0.112. The highest BCUT2D eigenvalue weighted by Crippen LogP contribution is 2.49. The van der Waals surface area contributed by atoms with Gasteiger partial charge >= 0.3 is 0 Å². The second kappa shape index (κ2) is 2.80. The Morgan fingerprint density at radius 1 is 1.42 bits per heavy atom. The van der Waals surface area contributed by atoms with E-state index in [2.05, 4.69) is 33.6 Å². The van der Waals surface area contributed by atoms with Gasteiger partial charge in [0, 0.05) is 5.41 Å². The summed E-state index contributed by atoms with van der Waals surface area (Å²) in [5.74, 6) is 3.75. The molecule has 1 fully saturated rings. The van der Waals surface area contributed by atoms with Crippen LogP contribution in [0, 0.1) is 29.1 Å². The fourth-order valence-electron chi connectivity index (χ4n) is 2.43. The molecule has 0 aromatic rings. The van der Waals surface area contributed by atoms with Gasteiger partial charge in [-0.2, -0.15) is 0 Å². The number of hydrogen-bond acceptors (Lipinski definition) is 0. The van der Waals surface area contributed by atoms with Gasteiger partial charge in [-0.15, -0.1) is 12.3 Å². The third-order valence-corrected chi connectivity index (χ3v) is 2.87. The van der Waals surface area contributed by atoms with Crippen LogP contribution in [0.25, 0.3) is 0 Å². The van der Waals surface area contributed by atoms with Crippen LogP contribution in [-0.2, 0) is 0 Å². The van der Waals surface area contributed by atoms with E-state index in [-0.39, 0.29) is 5.41 Å². The molecule has 0 heteroatoms. The molecule has 0 aromatic carbocycles. The first kappa shape index (κ1) is 9.65. The molecular formula is C12H20. The van der Waals surface area contributed by atoms with Crippen molar-refractivity contribution in [3.63, 3.8) is 0 Å². The van der Waals surface area contributed by atoms with Crippen LogP contribution in [0.15, 0.2) is 0 Å². The Morgan fingerprint density at radius 3 is 2.25 bits per heavy atom. The van der Waals surface area contributed by atoms with Gasteiger partial charge in [-0.1, -0.05) is 13.8 Å². The fourth-order valence-corrected chi connectivity index (χ4v) is 2.43. The molecule has 0 atom stereocenters. The summed E-state index contributed by atoms with van der Waals surface area (Å²) in [6.45, 7) is 9.01. The van der Waals surface area contributed by atoms with E-state index in [0.717, 1.165) is 5.92 Å². The molecule has 1 rings (SSSR count). The van der Waals surface area contributed by atoms with E-state index in [0.29, 0.717) is 5.41 Å². The zero-order valence-corrected chi connectivity index (χ0v) is 8.78. The molecule has 0 nitrogen and oxygen atoms in total. The van der Waals surface area contributed by atoms with Crippen molar-refractivity contribution >= 4 is 0 Å². The van der Waals surface area contributed by atoms with Crippen molar-refractivity contribution in [1.29, 1.82) is 0 Å². The Kier molecular flexibility index (Phi) is 2.25. The molecule has 1 aliphatic carbocycles. The molecule has 0 aliphatic heterocycles. The average Bonchev–Trinajstić information content (AvgIpc) is 1.83. The van der Waals surface area contributed by atoms with Crippen LogP contribution in [-0.4, -0.2) is 0 Å². The molecule has 0 spiro atoms. The van der Waals surface area contributed by atoms with Crippen molar-refractivity contribution in [2.24, 2.45) is 16.7 Å². The molecule has 0 saturated heterocycles. The van der Waals surface area contributed by atoms with Crippen LogP contribution in [0.4, 0.5) is 0 Å². The molecule has 0 amide bonds. The molecule has 0 radical (unpaired) electrons. The lowest BCUT2D eigenvalue weighted by molar-refractivity contribution is 0.0705. The normalized spacial score (nSPS) is 22.9. The first-order valence-corrected chi connectivity index (χ1v) is 4.82. The lowest BCUT2D eigenvalue weighted by Gasteiger charge is -2.44. The highest BCUT2D eigenvalue weighted by atomic mass is 14.4. The second-order valence-electron chi connectivity index (χ2n) is 5.67. The van der Waals surface area contributed by atoms with Gasteiger partial charge in [-0.25, -0.2) is 0 Å². The van der Waals surface area contributed by atoms with E-state index in [1.54, 1.807) is 0 Å². The van der Waals surface area contributed by atoms with Crippen LogP contribution in [0.3, 0.4) is 0 Å². The summed E-state index contributed by atoms with van der Waals surface area (Å²) in [5, 5.41) is 0. The van der Waals surface area contributed by atoms with Crippen LogP contribution in [0.1, 0.15) is 47.0 Å². The minimum Gasteiger partial charge on any atom is -0.120 e. The molecule has 0 aromatic heterocycles. The number of rotatable bonds is 2. The molecule has 0 unspecified atom stereocenters. The quantitative estimate of drug-likeness (QED) is 0.548. The number of hydrogen-bond donors (Lipinski definition) is 0. The van der Waals surface area contributed by atoms with Crippen LogP contribution in [0.5, 0.6) is 0 Å². The third kappa shape index (κ3) is 2.27. The summed E-state index contributed by atoms with van der Waals surface area (Å²) in [6, 6.07) is 0. The maximum absolute atomic E-state index is 5.45. The third-order valence-electron chi connectivity index (χ3n) is 2.87. The van der Waals surface area contributed by atoms with E-state index in [1.165, 1.54) is 19.3 Å². The lowest BCUT2D eigenvalue weighted by atomic mass is 9.60. The maximum Gasteiger partial charge on any atom is 0.0258 e. The first-order valence-electron chi connectivity index (χ1n) is 4.82. The summed E-state index contributed by atoms with van der Waals surface area (Å²) >= 11 is 0. The molecular weight excluding hydrogens is 144 g/mol.